The van der Waals surface area contributed by atoms with Gasteiger partial charge in [-0.15, -0.1) is 11.3 Å². The maximum Gasteiger partial charge on any atom is 0.169 e. The number of ketones is 1. The SMILES string of the molecule is CC(=O)c1ccc(-c2ccc(OCC(C)C)cc2)s1. The summed E-state index contributed by atoms with van der Waals surface area (Å²) in [4.78, 5) is 13.2. The van der Waals surface area contributed by atoms with Crippen LogP contribution in [0.4, 0.5) is 0 Å². The van der Waals surface area contributed by atoms with Crippen molar-refractivity contribution in [1.29, 1.82) is 0 Å². The number of carbonyl (C=O) groups is 1. The molecule has 1 aromatic carbocycles. The molecule has 2 aromatic rings. The number of ether oxygens (including phenoxy) is 1. The first-order chi connectivity index (χ1) is 9.06. The Morgan fingerprint density at radius 1 is 1.16 bits per heavy atom. The van der Waals surface area contributed by atoms with Gasteiger partial charge in [0.2, 0.25) is 0 Å². The molecule has 0 spiro atoms. The number of Topliss-reactive ketones (excluding diaryl/α,β-unsaturated/α-hetero) is 1. The first-order valence-electron chi connectivity index (χ1n) is 6.40. The Labute approximate surface area is 118 Å². The fourth-order valence-corrected chi connectivity index (χ4v) is 2.57. The quantitative estimate of drug-likeness (QED) is 0.742. The fraction of sp³-hybridized carbons (Fsp3) is 0.312. The van der Waals surface area contributed by atoms with Crippen molar-refractivity contribution in [3.05, 3.63) is 41.3 Å². The molecule has 0 atom stereocenters. The highest BCUT2D eigenvalue weighted by molar-refractivity contribution is 7.17. The van der Waals surface area contributed by atoms with E-state index in [0.717, 1.165) is 27.7 Å². The van der Waals surface area contributed by atoms with Gasteiger partial charge in [-0.25, -0.2) is 0 Å². The molecule has 0 aliphatic heterocycles. The molecular formula is C16H18O2S. The van der Waals surface area contributed by atoms with Crippen LogP contribution >= 0.6 is 11.3 Å². The predicted molar refractivity (Wildman–Crippen MR) is 80.1 cm³/mol. The van der Waals surface area contributed by atoms with Gasteiger partial charge in [-0.3, -0.25) is 4.79 Å². The lowest BCUT2D eigenvalue weighted by Gasteiger charge is -2.08. The van der Waals surface area contributed by atoms with Gasteiger partial charge in [-0.1, -0.05) is 13.8 Å². The van der Waals surface area contributed by atoms with Gasteiger partial charge in [0.25, 0.3) is 0 Å². The standard InChI is InChI=1S/C16H18O2S/c1-11(2)10-18-14-6-4-13(5-7-14)16-9-8-15(19-16)12(3)17/h4-9,11H,10H2,1-3H3. The lowest BCUT2D eigenvalue weighted by molar-refractivity contribution is 0.102. The van der Waals surface area contributed by atoms with Gasteiger partial charge in [0.05, 0.1) is 11.5 Å². The zero-order chi connectivity index (χ0) is 13.8. The van der Waals surface area contributed by atoms with E-state index in [2.05, 4.69) is 13.8 Å². The molecule has 2 nitrogen and oxygen atoms in total. The molecule has 0 saturated heterocycles. The Bertz CT molecular complexity index is 552. The van der Waals surface area contributed by atoms with Crippen LogP contribution in [0.25, 0.3) is 10.4 Å². The van der Waals surface area contributed by atoms with E-state index in [-0.39, 0.29) is 5.78 Å². The monoisotopic (exact) mass is 274 g/mol. The van der Waals surface area contributed by atoms with Crippen molar-refractivity contribution in [1.82, 2.24) is 0 Å². The van der Waals surface area contributed by atoms with Crippen molar-refractivity contribution in [2.24, 2.45) is 5.92 Å². The van der Waals surface area contributed by atoms with Crippen LogP contribution in [0.1, 0.15) is 30.4 Å². The highest BCUT2D eigenvalue weighted by Crippen LogP contribution is 2.29. The van der Waals surface area contributed by atoms with Crippen molar-refractivity contribution in [2.45, 2.75) is 20.8 Å². The molecule has 0 radical (unpaired) electrons. The molecule has 0 aliphatic carbocycles. The molecule has 0 aliphatic rings. The van der Waals surface area contributed by atoms with E-state index in [0.29, 0.717) is 5.92 Å². The zero-order valence-corrected chi connectivity index (χ0v) is 12.3. The smallest absolute Gasteiger partial charge is 0.169 e. The number of hydrogen-bond donors (Lipinski definition) is 0. The van der Waals surface area contributed by atoms with Crippen molar-refractivity contribution >= 4 is 17.1 Å². The topological polar surface area (TPSA) is 26.3 Å². The van der Waals surface area contributed by atoms with Crippen LogP contribution in [-0.2, 0) is 0 Å². The van der Waals surface area contributed by atoms with E-state index in [9.17, 15) is 4.79 Å². The highest BCUT2D eigenvalue weighted by atomic mass is 32.1. The molecule has 3 heteroatoms. The van der Waals surface area contributed by atoms with Crippen molar-refractivity contribution in [3.63, 3.8) is 0 Å². The first kappa shape index (κ1) is 13.8. The van der Waals surface area contributed by atoms with Gasteiger partial charge in [-0.2, -0.15) is 0 Å². The molecule has 0 bridgehead atoms. The van der Waals surface area contributed by atoms with Crippen LogP contribution in [0.3, 0.4) is 0 Å². The van der Waals surface area contributed by atoms with Crippen molar-refractivity contribution in [2.75, 3.05) is 6.61 Å². The summed E-state index contributed by atoms with van der Waals surface area (Å²) in [5.74, 6) is 1.53. The molecule has 0 fully saturated rings. The van der Waals surface area contributed by atoms with Gasteiger partial charge >= 0.3 is 0 Å². The molecule has 0 amide bonds. The lowest BCUT2D eigenvalue weighted by atomic mass is 10.2. The average Bonchev–Trinajstić information content (AvgIpc) is 2.86. The van der Waals surface area contributed by atoms with Crippen molar-refractivity contribution < 1.29 is 9.53 Å². The molecule has 100 valence electrons. The molecule has 1 aromatic heterocycles. The molecule has 19 heavy (non-hydrogen) atoms. The van der Waals surface area contributed by atoms with Gasteiger partial charge < -0.3 is 4.74 Å². The lowest BCUT2D eigenvalue weighted by Crippen LogP contribution is -2.04. The third-order valence-corrected chi connectivity index (χ3v) is 3.91. The van der Waals surface area contributed by atoms with Crippen LogP contribution < -0.4 is 4.74 Å². The van der Waals surface area contributed by atoms with Crippen LogP contribution in [-0.4, -0.2) is 12.4 Å². The summed E-state index contributed by atoms with van der Waals surface area (Å²) >= 11 is 1.53. The Morgan fingerprint density at radius 2 is 1.84 bits per heavy atom. The maximum absolute atomic E-state index is 11.3. The molecule has 1 heterocycles. The van der Waals surface area contributed by atoms with Crippen LogP contribution in [0.15, 0.2) is 36.4 Å². The summed E-state index contributed by atoms with van der Waals surface area (Å²) < 4.78 is 5.65. The maximum atomic E-state index is 11.3. The number of hydrogen-bond acceptors (Lipinski definition) is 3. The van der Waals surface area contributed by atoms with Gasteiger partial charge in [-0.05, 0) is 54.8 Å². The van der Waals surface area contributed by atoms with Gasteiger partial charge in [0.15, 0.2) is 5.78 Å². The van der Waals surface area contributed by atoms with Crippen molar-refractivity contribution in [3.8, 4) is 16.2 Å². The van der Waals surface area contributed by atoms with E-state index >= 15 is 0 Å². The van der Waals surface area contributed by atoms with Crippen LogP contribution in [0, 0.1) is 5.92 Å². The second-order valence-electron chi connectivity index (χ2n) is 4.95. The summed E-state index contributed by atoms with van der Waals surface area (Å²) in [6, 6.07) is 11.9. The van der Waals surface area contributed by atoms with E-state index in [1.54, 1.807) is 6.92 Å². The Morgan fingerprint density at radius 3 is 2.37 bits per heavy atom. The summed E-state index contributed by atoms with van der Waals surface area (Å²) in [5, 5.41) is 0. The second-order valence-corrected chi connectivity index (χ2v) is 6.03. The minimum atomic E-state index is 0.119. The van der Waals surface area contributed by atoms with Crippen LogP contribution in [0.2, 0.25) is 0 Å². The zero-order valence-electron chi connectivity index (χ0n) is 11.5. The minimum absolute atomic E-state index is 0.119. The second kappa shape index (κ2) is 6.02. The van der Waals surface area contributed by atoms with E-state index in [1.807, 2.05) is 36.4 Å². The number of carbonyl (C=O) groups excluding carboxylic acids is 1. The Balaban J connectivity index is 2.10. The molecule has 0 N–H and O–H groups in total. The summed E-state index contributed by atoms with van der Waals surface area (Å²) in [6.45, 7) is 6.58. The summed E-state index contributed by atoms with van der Waals surface area (Å²) in [5.41, 5.74) is 1.12. The predicted octanol–water partition coefficient (Wildman–Crippen LogP) is 4.65. The fourth-order valence-electron chi connectivity index (χ4n) is 1.66. The van der Waals surface area contributed by atoms with E-state index in [1.165, 1.54) is 11.3 Å². The number of benzene rings is 1. The van der Waals surface area contributed by atoms with E-state index < -0.39 is 0 Å². The third-order valence-electron chi connectivity index (χ3n) is 2.68. The minimum Gasteiger partial charge on any atom is -0.493 e. The molecule has 0 unspecified atom stereocenters. The molecule has 0 saturated carbocycles. The van der Waals surface area contributed by atoms with Gasteiger partial charge in [0.1, 0.15) is 5.75 Å². The Kier molecular flexibility index (Phi) is 4.38. The normalized spacial score (nSPS) is 10.7. The highest BCUT2D eigenvalue weighted by Gasteiger charge is 2.06. The third kappa shape index (κ3) is 3.67. The van der Waals surface area contributed by atoms with E-state index in [4.69, 9.17) is 4.74 Å². The molecular weight excluding hydrogens is 256 g/mol. The Hall–Kier alpha value is -1.61. The number of rotatable bonds is 5. The summed E-state index contributed by atoms with van der Waals surface area (Å²) in [7, 11) is 0. The van der Waals surface area contributed by atoms with Gasteiger partial charge in [0, 0.05) is 4.88 Å². The van der Waals surface area contributed by atoms with Crippen LogP contribution in [0.5, 0.6) is 5.75 Å². The molecule has 2 rings (SSSR count). The first-order valence-corrected chi connectivity index (χ1v) is 7.22. The average molecular weight is 274 g/mol. The largest absolute Gasteiger partial charge is 0.493 e. The number of thiophene rings is 1. The summed E-state index contributed by atoms with van der Waals surface area (Å²) in [6.07, 6.45) is 0.